The molecule has 0 radical (unpaired) electrons. The van der Waals surface area contributed by atoms with Crippen molar-refractivity contribution in [1.29, 1.82) is 0 Å². The quantitative estimate of drug-likeness (QED) is 0.614. The van der Waals surface area contributed by atoms with E-state index in [2.05, 4.69) is 32.7 Å². The minimum absolute atomic E-state index is 0.370. The first-order valence-corrected chi connectivity index (χ1v) is 9.49. The third-order valence-electron chi connectivity index (χ3n) is 5.41. The zero-order chi connectivity index (χ0) is 19.8. The summed E-state index contributed by atoms with van der Waals surface area (Å²) in [6, 6.07) is 21.6. The maximum atomic E-state index is 6.15. The number of hydrogen-bond donors (Lipinski definition) is 0. The summed E-state index contributed by atoms with van der Waals surface area (Å²) >= 11 is 0. The summed E-state index contributed by atoms with van der Waals surface area (Å²) in [5.41, 5.74) is 2.13. The van der Waals surface area contributed by atoms with Gasteiger partial charge in [0, 0.05) is 11.8 Å². The van der Waals surface area contributed by atoms with E-state index >= 15 is 0 Å². The van der Waals surface area contributed by atoms with E-state index in [0.717, 1.165) is 28.2 Å². The van der Waals surface area contributed by atoms with E-state index in [9.17, 15) is 0 Å². The molecule has 5 heteroatoms. The highest BCUT2D eigenvalue weighted by Crippen LogP contribution is 2.36. The molecule has 0 saturated carbocycles. The maximum Gasteiger partial charge on any atom is 0.494 e. The van der Waals surface area contributed by atoms with Crippen molar-refractivity contribution in [3.05, 3.63) is 72.9 Å². The second-order valence-electron chi connectivity index (χ2n) is 8.01. The molecule has 28 heavy (non-hydrogen) atoms. The molecule has 1 fully saturated rings. The molecule has 1 aromatic heterocycles. The fraction of sp³-hybridized carbons (Fsp3) is 0.261. The molecule has 0 spiro atoms. The third kappa shape index (κ3) is 3.68. The van der Waals surface area contributed by atoms with E-state index in [1.807, 2.05) is 66.7 Å². The Labute approximate surface area is 166 Å². The van der Waals surface area contributed by atoms with Crippen molar-refractivity contribution in [2.75, 3.05) is 0 Å². The van der Waals surface area contributed by atoms with Crippen LogP contribution < -0.4 is 10.2 Å². The standard InChI is InChI=1S/C23H24BNO3/c1-22(2)23(3,4)28-24(27-22)18-10-8-12-20(16-18)26-19-11-7-9-17(15-19)21-13-5-6-14-25-21/h5-16H,1-4H3. The van der Waals surface area contributed by atoms with Crippen LogP contribution in [0.4, 0.5) is 0 Å². The molecular formula is C23H24BNO3. The lowest BCUT2D eigenvalue weighted by Crippen LogP contribution is -2.41. The van der Waals surface area contributed by atoms with Crippen LogP contribution >= 0.6 is 0 Å². The predicted molar refractivity (Wildman–Crippen MR) is 112 cm³/mol. The second kappa shape index (κ2) is 7.08. The molecule has 1 aliphatic heterocycles. The average Bonchev–Trinajstić information content (AvgIpc) is 2.90. The Hall–Kier alpha value is -2.63. The molecule has 0 amide bonds. The summed E-state index contributed by atoms with van der Waals surface area (Å²) in [4.78, 5) is 4.40. The summed E-state index contributed by atoms with van der Waals surface area (Å²) in [7, 11) is -0.409. The van der Waals surface area contributed by atoms with Crippen LogP contribution in [0.3, 0.4) is 0 Å². The molecule has 3 aromatic rings. The van der Waals surface area contributed by atoms with Gasteiger partial charge in [-0.1, -0.05) is 30.3 Å². The molecule has 0 bridgehead atoms. The van der Waals surface area contributed by atoms with Crippen molar-refractivity contribution in [2.45, 2.75) is 38.9 Å². The first-order chi connectivity index (χ1) is 13.3. The van der Waals surface area contributed by atoms with E-state index in [1.165, 1.54) is 0 Å². The molecule has 0 aliphatic carbocycles. The van der Waals surface area contributed by atoms with Crippen LogP contribution in [0.15, 0.2) is 72.9 Å². The van der Waals surface area contributed by atoms with Gasteiger partial charge < -0.3 is 14.0 Å². The normalized spacial score (nSPS) is 17.5. The summed E-state index contributed by atoms with van der Waals surface area (Å²) in [5.74, 6) is 1.50. The van der Waals surface area contributed by atoms with Gasteiger partial charge in [0.2, 0.25) is 0 Å². The van der Waals surface area contributed by atoms with Crippen molar-refractivity contribution in [1.82, 2.24) is 4.98 Å². The number of nitrogens with zero attached hydrogens (tertiary/aromatic N) is 1. The number of pyridine rings is 1. The highest BCUT2D eigenvalue weighted by molar-refractivity contribution is 6.62. The molecule has 1 aliphatic rings. The Morgan fingerprint density at radius 2 is 1.46 bits per heavy atom. The predicted octanol–water partition coefficient (Wildman–Crippen LogP) is 4.84. The molecule has 0 atom stereocenters. The zero-order valence-corrected chi connectivity index (χ0v) is 16.7. The molecule has 2 aromatic carbocycles. The third-order valence-corrected chi connectivity index (χ3v) is 5.41. The van der Waals surface area contributed by atoms with Gasteiger partial charge in [-0.2, -0.15) is 0 Å². The lowest BCUT2D eigenvalue weighted by atomic mass is 9.79. The topological polar surface area (TPSA) is 40.6 Å². The Balaban J connectivity index is 1.55. The van der Waals surface area contributed by atoms with Gasteiger partial charge >= 0.3 is 7.12 Å². The van der Waals surface area contributed by atoms with Crippen molar-refractivity contribution in [3.63, 3.8) is 0 Å². The van der Waals surface area contributed by atoms with Crippen LogP contribution in [-0.4, -0.2) is 23.3 Å². The minimum atomic E-state index is -0.409. The molecule has 1 saturated heterocycles. The lowest BCUT2D eigenvalue weighted by molar-refractivity contribution is 0.00578. The van der Waals surface area contributed by atoms with Crippen molar-refractivity contribution in [3.8, 4) is 22.8 Å². The van der Waals surface area contributed by atoms with Crippen molar-refractivity contribution in [2.24, 2.45) is 0 Å². The van der Waals surface area contributed by atoms with E-state index in [0.29, 0.717) is 0 Å². The number of rotatable bonds is 4. The highest BCUT2D eigenvalue weighted by Gasteiger charge is 2.51. The van der Waals surface area contributed by atoms with Gasteiger partial charge in [-0.3, -0.25) is 4.98 Å². The summed E-state index contributed by atoms with van der Waals surface area (Å²) in [6.45, 7) is 8.21. The van der Waals surface area contributed by atoms with Crippen LogP contribution in [0, 0.1) is 0 Å². The number of aromatic nitrogens is 1. The van der Waals surface area contributed by atoms with E-state index < -0.39 is 7.12 Å². The van der Waals surface area contributed by atoms with Gasteiger partial charge in [-0.05, 0) is 69.6 Å². The van der Waals surface area contributed by atoms with Gasteiger partial charge in [0.1, 0.15) is 11.5 Å². The summed E-state index contributed by atoms with van der Waals surface area (Å²) in [5, 5.41) is 0. The number of hydrogen-bond acceptors (Lipinski definition) is 4. The van der Waals surface area contributed by atoms with E-state index in [-0.39, 0.29) is 11.2 Å². The highest BCUT2D eigenvalue weighted by atomic mass is 16.7. The van der Waals surface area contributed by atoms with E-state index in [4.69, 9.17) is 14.0 Å². The van der Waals surface area contributed by atoms with Gasteiger partial charge in [-0.15, -0.1) is 0 Å². The minimum Gasteiger partial charge on any atom is -0.457 e. The van der Waals surface area contributed by atoms with Gasteiger partial charge in [0.05, 0.1) is 16.9 Å². The molecule has 4 nitrogen and oxygen atoms in total. The fourth-order valence-electron chi connectivity index (χ4n) is 3.09. The van der Waals surface area contributed by atoms with Crippen molar-refractivity contribution < 1.29 is 14.0 Å². The van der Waals surface area contributed by atoms with Gasteiger partial charge in [-0.25, -0.2) is 0 Å². The molecule has 0 N–H and O–H groups in total. The first kappa shape index (κ1) is 18.7. The van der Waals surface area contributed by atoms with E-state index in [1.54, 1.807) is 6.20 Å². The Kier molecular flexibility index (Phi) is 4.73. The smallest absolute Gasteiger partial charge is 0.457 e. The van der Waals surface area contributed by atoms with Crippen molar-refractivity contribution >= 4 is 12.6 Å². The lowest BCUT2D eigenvalue weighted by Gasteiger charge is -2.32. The molecule has 2 heterocycles. The monoisotopic (exact) mass is 373 g/mol. The molecule has 0 unspecified atom stereocenters. The first-order valence-electron chi connectivity index (χ1n) is 9.49. The number of ether oxygens (including phenoxy) is 1. The molecular weight excluding hydrogens is 349 g/mol. The fourth-order valence-corrected chi connectivity index (χ4v) is 3.09. The SMILES string of the molecule is CC1(C)OB(c2cccc(Oc3cccc(-c4ccccn4)c3)c2)OC1(C)C. The van der Waals surface area contributed by atoms with Crippen LogP contribution in [-0.2, 0) is 9.31 Å². The van der Waals surface area contributed by atoms with Crippen LogP contribution in [0.25, 0.3) is 11.3 Å². The maximum absolute atomic E-state index is 6.15. The largest absolute Gasteiger partial charge is 0.494 e. The molecule has 4 rings (SSSR count). The van der Waals surface area contributed by atoms with Crippen LogP contribution in [0.1, 0.15) is 27.7 Å². The molecule has 142 valence electrons. The Morgan fingerprint density at radius 3 is 2.14 bits per heavy atom. The Bertz CT molecular complexity index is 956. The Morgan fingerprint density at radius 1 is 0.786 bits per heavy atom. The van der Waals surface area contributed by atoms with Crippen LogP contribution in [0.5, 0.6) is 11.5 Å². The summed E-state index contributed by atoms with van der Waals surface area (Å²) in [6.07, 6.45) is 1.79. The van der Waals surface area contributed by atoms with Gasteiger partial charge in [0.15, 0.2) is 0 Å². The second-order valence-corrected chi connectivity index (χ2v) is 8.01. The zero-order valence-electron chi connectivity index (χ0n) is 16.7. The van der Waals surface area contributed by atoms with Gasteiger partial charge in [0.25, 0.3) is 0 Å². The summed E-state index contributed by atoms with van der Waals surface area (Å²) < 4.78 is 18.4. The number of benzene rings is 2. The average molecular weight is 373 g/mol. The van der Waals surface area contributed by atoms with Crippen LogP contribution in [0.2, 0.25) is 0 Å².